The van der Waals surface area contributed by atoms with E-state index < -0.39 is 12.1 Å². The van der Waals surface area contributed by atoms with Gasteiger partial charge in [-0.15, -0.1) is 0 Å². The summed E-state index contributed by atoms with van der Waals surface area (Å²) < 4.78 is 6.59. The topological polar surface area (TPSA) is 64.3 Å². The van der Waals surface area contributed by atoms with Crippen molar-refractivity contribution in [2.75, 3.05) is 6.61 Å². The van der Waals surface area contributed by atoms with E-state index in [2.05, 4.69) is 5.10 Å². The van der Waals surface area contributed by atoms with Crippen molar-refractivity contribution >= 4 is 5.97 Å². The number of nitrogens with zero attached hydrogens (tertiary/aromatic N) is 2. The molecule has 1 fully saturated rings. The lowest BCUT2D eigenvalue weighted by Crippen LogP contribution is -2.24. The van der Waals surface area contributed by atoms with E-state index >= 15 is 0 Å². The number of carbonyl (C=O) groups excluding carboxylic acids is 1. The van der Waals surface area contributed by atoms with Crippen LogP contribution >= 0.6 is 0 Å². The smallest absolute Gasteiger partial charge is 0.359 e. The van der Waals surface area contributed by atoms with Crippen LogP contribution in [0.2, 0.25) is 0 Å². The quantitative estimate of drug-likeness (QED) is 0.795. The van der Waals surface area contributed by atoms with Crippen molar-refractivity contribution in [2.45, 2.75) is 38.2 Å². The Morgan fingerprint density at radius 1 is 1.71 bits per heavy atom. The number of esters is 1. The number of aliphatic hydroxyl groups is 1. The van der Waals surface area contributed by atoms with Crippen LogP contribution in [0.1, 0.15) is 42.7 Å². The van der Waals surface area contributed by atoms with Crippen molar-refractivity contribution in [1.82, 2.24) is 9.78 Å². The molecule has 5 nitrogen and oxygen atoms in total. The van der Waals surface area contributed by atoms with Gasteiger partial charge in [0.2, 0.25) is 0 Å². The molecule has 1 aromatic rings. The van der Waals surface area contributed by atoms with Gasteiger partial charge in [-0.2, -0.15) is 5.10 Å². The van der Waals surface area contributed by atoms with Crippen LogP contribution < -0.4 is 0 Å². The van der Waals surface area contributed by atoms with Gasteiger partial charge in [-0.25, -0.2) is 4.79 Å². The number of rotatable bonds is 4. The molecule has 1 saturated carbocycles. The van der Waals surface area contributed by atoms with Gasteiger partial charge >= 0.3 is 5.97 Å². The maximum atomic E-state index is 11.8. The van der Waals surface area contributed by atoms with E-state index in [0.29, 0.717) is 12.3 Å². The molecule has 94 valence electrons. The fraction of sp³-hybridized carbons (Fsp3) is 0.667. The van der Waals surface area contributed by atoms with Crippen LogP contribution in [-0.2, 0) is 17.2 Å². The van der Waals surface area contributed by atoms with Crippen molar-refractivity contribution in [3.05, 3.63) is 17.5 Å². The molecule has 1 aliphatic rings. The van der Waals surface area contributed by atoms with E-state index in [-0.39, 0.29) is 5.41 Å². The van der Waals surface area contributed by atoms with Crippen molar-refractivity contribution in [3.63, 3.8) is 0 Å². The van der Waals surface area contributed by atoms with Crippen molar-refractivity contribution in [2.24, 2.45) is 7.05 Å². The molecule has 1 unspecified atom stereocenters. The minimum Gasteiger partial charge on any atom is -0.461 e. The van der Waals surface area contributed by atoms with Crippen molar-refractivity contribution in [1.29, 1.82) is 0 Å². The van der Waals surface area contributed by atoms with Crippen LogP contribution in [0.5, 0.6) is 0 Å². The second-order valence-electron chi connectivity index (χ2n) is 4.62. The van der Waals surface area contributed by atoms with Gasteiger partial charge in [0.1, 0.15) is 0 Å². The van der Waals surface area contributed by atoms with Crippen LogP contribution in [0.4, 0.5) is 0 Å². The molecule has 0 amide bonds. The van der Waals surface area contributed by atoms with Crippen molar-refractivity contribution < 1.29 is 14.6 Å². The Hall–Kier alpha value is -1.36. The van der Waals surface area contributed by atoms with Crippen LogP contribution in [0.25, 0.3) is 0 Å². The van der Waals surface area contributed by atoms with Gasteiger partial charge in [-0.1, -0.05) is 0 Å². The second-order valence-corrected chi connectivity index (χ2v) is 4.62. The first-order valence-corrected chi connectivity index (χ1v) is 5.90. The summed E-state index contributed by atoms with van der Waals surface area (Å²) in [5, 5.41) is 14.0. The SMILES string of the molecule is CCOC(=O)c1nn(C)cc1C1(C(C)O)CC1. The molecular weight excluding hydrogens is 220 g/mol. The Balaban J connectivity index is 2.38. The standard InChI is InChI=1S/C12H18N2O3/c1-4-17-11(16)10-9(7-14(3)13-10)12(5-6-12)8(2)15/h7-8,15H,4-6H2,1-3H3. The first-order valence-electron chi connectivity index (χ1n) is 5.90. The zero-order valence-corrected chi connectivity index (χ0v) is 10.4. The van der Waals surface area contributed by atoms with E-state index in [0.717, 1.165) is 18.4 Å². The van der Waals surface area contributed by atoms with E-state index in [9.17, 15) is 9.90 Å². The average Bonchev–Trinajstić information content (AvgIpc) is 2.98. The monoisotopic (exact) mass is 238 g/mol. The van der Waals surface area contributed by atoms with Crippen molar-refractivity contribution in [3.8, 4) is 0 Å². The van der Waals surface area contributed by atoms with Crippen LogP contribution in [0, 0.1) is 0 Å². The molecule has 2 rings (SSSR count). The Bertz CT molecular complexity index is 433. The molecule has 0 aliphatic heterocycles. The fourth-order valence-corrected chi connectivity index (χ4v) is 2.25. The van der Waals surface area contributed by atoms with Gasteiger partial charge < -0.3 is 9.84 Å². The minimum atomic E-state index is -0.472. The van der Waals surface area contributed by atoms with Crippen LogP contribution in [0.15, 0.2) is 6.20 Å². The maximum absolute atomic E-state index is 11.8. The molecule has 1 aliphatic carbocycles. The summed E-state index contributed by atoms with van der Waals surface area (Å²) in [7, 11) is 1.77. The molecule has 1 atom stereocenters. The zero-order valence-electron chi connectivity index (χ0n) is 10.4. The lowest BCUT2D eigenvalue weighted by atomic mass is 9.91. The third-order valence-electron chi connectivity index (χ3n) is 3.42. The molecule has 0 bridgehead atoms. The second kappa shape index (κ2) is 4.14. The summed E-state index contributed by atoms with van der Waals surface area (Å²) in [5.41, 5.74) is 0.859. The first-order chi connectivity index (χ1) is 8.01. The van der Waals surface area contributed by atoms with Crippen LogP contribution in [0.3, 0.4) is 0 Å². The normalized spacial score (nSPS) is 18.8. The highest BCUT2D eigenvalue weighted by Gasteiger charge is 2.51. The highest BCUT2D eigenvalue weighted by molar-refractivity contribution is 5.89. The van der Waals surface area contributed by atoms with Gasteiger partial charge in [0, 0.05) is 24.2 Å². The number of carbonyl (C=O) groups is 1. The van der Waals surface area contributed by atoms with Gasteiger partial charge in [0.25, 0.3) is 0 Å². The average molecular weight is 238 g/mol. The first kappa shape index (κ1) is 12.1. The van der Waals surface area contributed by atoms with Crippen LogP contribution in [-0.4, -0.2) is 33.6 Å². The lowest BCUT2D eigenvalue weighted by molar-refractivity contribution is 0.0514. The predicted octanol–water partition coefficient (Wildman–Crippen LogP) is 1.01. The Labute approximate surface area is 100 Å². The molecule has 5 heteroatoms. The van der Waals surface area contributed by atoms with E-state index in [4.69, 9.17) is 4.74 Å². The number of aliphatic hydroxyl groups excluding tert-OH is 1. The summed E-state index contributed by atoms with van der Waals surface area (Å²) >= 11 is 0. The molecule has 1 aromatic heterocycles. The zero-order chi connectivity index (χ0) is 12.6. The molecule has 17 heavy (non-hydrogen) atoms. The highest BCUT2D eigenvalue weighted by atomic mass is 16.5. The Morgan fingerprint density at radius 2 is 2.35 bits per heavy atom. The van der Waals surface area contributed by atoms with E-state index in [1.165, 1.54) is 0 Å². The fourth-order valence-electron chi connectivity index (χ4n) is 2.25. The van der Waals surface area contributed by atoms with Gasteiger partial charge in [-0.3, -0.25) is 4.68 Å². The summed E-state index contributed by atoms with van der Waals surface area (Å²) in [6, 6.07) is 0. The molecular formula is C12H18N2O3. The molecule has 0 spiro atoms. The third kappa shape index (κ3) is 1.95. The van der Waals surface area contributed by atoms with Gasteiger partial charge in [0.15, 0.2) is 5.69 Å². The van der Waals surface area contributed by atoms with Gasteiger partial charge in [-0.05, 0) is 26.7 Å². The number of hydrogen-bond acceptors (Lipinski definition) is 4. The molecule has 0 saturated heterocycles. The van der Waals surface area contributed by atoms with E-state index in [1.54, 1.807) is 25.6 Å². The van der Waals surface area contributed by atoms with Gasteiger partial charge in [0.05, 0.1) is 12.7 Å². The summed E-state index contributed by atoms with van der Waals surface area (Å²) in [6.07, 6.45) is 3.12. The Morgan fingerprint density at radius 3 is 2.82 bits per heavy atom. The number of ether oxygens (including phenoxy) is 1. The Kier molecular flexibility index (Phi) is 2.95. The summed E-state index contributed by atoms with van der Waals surface area (Å²) in [5.74, 6) is -0.407. The number of hydrogen-bond donors (Lipinski definition) is 1. The van der Waals surface area contributed by atoms with E-state index in [1.807, 2.05) is 6.20 Å². The highest BCUT2D eigenvalue weighted by Crippen LogP contribution is 2.51. The lowest BCUT2D eigenvalue weighted by Gasteiger charge is -2.17. The minimum absolute atomic E-state index is 0.295. The summed E-state index contributed by atoms with van der Waals surface area (Å²) in [6.45, 7) is 3.85. The predicted molar refractivity (Wildman–Crippen MR) is 61.8 cm³/mol. The number of aromatic nitrogens is 2. The largest absolute Gasteiger partial charge is 0.461 e. The third-order valence-corrected chi connectivity index (χ3v) is 3.42. The molecule has 1 N–H and O–H groups in total. The molecule has 1 heterocycles. The maximum Gasteiger partial charge on any atom is 0.359 e. The molecule has 0 radical (unpaired) electrons. The molecule has 0 aromatic carbocycles. The summed E-state index contributed by atoms with van der Waals surface area (Å²) in [4.78, 5) is 11.8. The number of aryl methyl sites for hydroxylation is 1.